The summed E-state index contributed by atoms with van der Waals surface area (Å²) in [5, 5.41) is 5.19. The Morgan fingerprint density at radius 1 is 1.14 bits per heavy atom. The van der Waals surface area contributed by atoms with E-state index in [0.29, 0.717) is 0 Å². The van der Waals surface area contributed by atoms with Crippen LogP contribution < -0.4 is 10.6 Å². The Balaban J connectivity index is 2.22. The van der Waals surface area contributed by atoms with E-state index in [1.54, 1.807) is 0 Å². The molecule has 2 rings (SSSR count). The van der Waals surface area contributed by atoms with Gasteiger partial charge in [0.2, 0.25) is 5.95 Å². The number of nitrogens with zero attached hydrogens (tertiary/aromatic N) is 2. The van der Waals surface area contributed by atoms with E-state index < -0.39 is 23.2 Å². The lowest BCUT2D eigenvalue weighted by atomic mass is 10.1. The maximum Gasteiger partial charge on any atom is 0.274 e. The van der Waals surface area contributed by atoms with E-state index in [2.05, 4.69) is 20.6 Å². The summed E-state index contributed by atoms with van der Waals surface area (Å²) in [7, 11) is 0. The molecule has 0 fully saturated rings. The number of anilines is 2. The molecule has 0 radical (unpaired) electrons. The second-order valence-corrected chi connectivity index (χ2v) is 5.69. The third-order valence-electron chi connectivity index (χ3n) is 2.58. The first kappa shape index (κ1) is 15.8. The second-order valence-electron chi connectivity index (χ2n) is 5.69. The Morgan fingerprint density at radius 2 is 1.77 bits per heavy atom. The first-order valence-corrected chi connectivity index (χ1v) is 6.63. The highest BCUT2D eigenvalue weighted by Crippen LogP contribution is 2.19. The number of rotatable bonds is 3. The van der Waals surface area contributed by atoms with Gasteiger partial charge in [-0.25, -0.2) is 18.7 Å². The predicted octanol–water partition coefficient (Wildman–Crippen LogP) is 3.22. The number of benzene rings is 1. The van der Waals surface area contributed by atoms with Crippen LogP contribution >= 0.6 is 0 Å². The summed E-state index contributed by atoms with van der Waals surface area (Å²) in [5.74, 6) is -2.16. The Kier molecular flexibility index (Phi) is 4.35. The molecule has 5 nitrogen and oxygen atoms in total. The fourth-order valence-electron chi connectivity index (χ4n) is 1.68. The molecule has 0 aliphatic heterocycles. The number of para-hydroxylation sites is 1. The topological polar surface area (TPSA) is 66.9 Å². The molecule has 1 amide bonds. The molecule has 0 aliphatic rings. The molecule has 0 saturated heterocycles. The number of hydrogen-bond acceptors (Lipinski definition) is 4. The summed E-state index contributed by atoms with van der Waals surface area (Å²) in [4.78, 5) is 20.1. The number of aromatic nitrogens is 2. The average molecular weight is 306 g/mol. The lowest BCUT2D eigenvalue weighted by Crippen LogP contribution is -2.28. The minimum Gasteiger partial charge on any atom is -0.350 e. The Morgan fingerprint density at radius 3 is 2.36 bits per heavy atom. The molecule has 0 bridgehead atoms. The van der Waals surface area contributed by atoms with Crippen LogP contribution in [0.5, 0.6) is 0 Å². The molecular weight excluding hydrogens is 290 g/mol. The molecule has 2 N–H and O–H groups in total. The van der Waals surface area contributed by atoms with Gasteiger partial charge in [-0.15, -0.1) is 0 Å². The Hall–Kier alpha value is -2.57. The lowest BCUT2D eigenvalue weighted by molar-refractivity contribution is 0.102. The van der Waals surface area contributed by atoms with Crippen LogP contribution in [0.3, 0.4) is 0 Å². The standard InChI is InChI=1S/C15H16F2N4O/c1-15(2,3)21-14-18-8-7-11(19-14)13(22)20-12-9(16)5-4-6-10(12)17/h4-8H,1-3H3,(H,20,22)(H,18,19,21). The fraction of sp³-hybridized carbons (Fsp3) is 0.267. The fourth-order valence-corrected chi connectivity index (χ4v) is 1.68. The van der Waals surface area contributed by atoms with Gasteiger partial charge >= 0.3 is 0 Å². The maximum atomic E-state index is 13.5. The third-order valence-corrected chi connectivity index (χ3v) is 2.58. The molecular formula is C15H16F2N4O. The van der Waals surface area contributed by atoms with Crippen LogP contribution in [0.2, 0.25) is 0 Å². The molecule has 7 heteroatoms. The number of nitrogens with one attached hydrogen (secondary N) is 2. The molecule has 0 atom stereocenters. The number of carbonyl (C=O) groups is 1. The maximum absolute atomic E-state index is 13.5. The van der Waals surface area contributed by atoms with E-state index in [1.165, 1.54) is 18.3 Å². The third kappa shape index (κ3) is 3.97. The van der Waals surface area contributed by atoms with Crippen LogP contribution in [0.1, 0.15) is 31.3 Å². The first-order chi connectivity index (χ1) is 10.3. The van der Waals surface area contributed by atoms with Crippen LogP contribution in [0, 0.1) is 11.6 Å². The van der Waals surface area contributed by atoms with Crippen LogP contribution in [0.4, 0.5) is 20.4 Å². The minimum absolute atomic E-state index is 0.00408. The van der Waals surface area contributed by atoms with Crippen molar-refractivity contribution in [3.8, 4) is 0 Å². The van der Waals surface area contributed by atoms with Crippen molar-refractivity contribution in [2.45, 2.75) is 26.3 Å². The average Bonchev–Trinajstić information content (AvgIpc) is 2.41. The van der Waals surface area contributed by atoms with Crippen molar-refractivity contribution in [2.75, 3.05) is 10.6 Å². The zero-order valence-electron chi connectivity index (χ0n) is 12.4. The van der Waals surface area contributed by atoms with Crippen molar-refractivity contribution in [3.05, 3.63) is 47.8 Å². The predicted molar refractivity (Wildman–Crippen MR) is 79.7 cm³/mol. The summed E-state index contributed by atoms with van der Waals surface area (Å²) < 4.78 is 27.1. The van der Waals surface area contributed by atoms with Crippen molar-refractivity contribution in [1.29, 1.82) is 0 Å². The first-order valence-electron chi connectivity index (χ1n) is 6.63. The Labute approximate surface area is 126 Å². The largest absolute Gasteiger partial charge is 0.350 e. The summed E-state index contributed by atoms with van der Waals surface area (Å²) >= 11 is 0. The van der Waals surface area contributed by atoms with Gasteiger partial charge < -0.3 is 10.6 Å². The lowest BCUT2D eigenvalue weighted by Gasteiger charge is -2.20. The zero-order valence-corrected chi connectivity index (χ0v) is 12.4. The molecule has 0 spiro atoms. The summed E-state index contributed by atoms with van der Waals surface area (Å²) in [6, 6.07) is 4.70. The second kappa shape index (κ2) is 6.05. The molecule has 1 aromatic heterocycles. The van der Waals surface area contributed by atoms with Crippen molar-refractivity contribution in [3.63, 3.8) is 0 Å². The minimum atomic E-state index is -0.851. The van der Waals surface area contributed by atoms with Gasteiger partial charge in [0.15, 0.2) is 0 Å². The monoisotopic (exact) mass is 306 g/mol. The van der Waals surface area contributed by atoms with Gasteiger partial charge in [0.25, 0.3) is 5.91 Å². The number of amides is 1. The van der Waals surface area contributed by atoms with Gasteiger partial charge in [0.1, 0.15) is 23.0 Å². The quantitative estimate of drug-likeness (QED) is 0.913. The molecule has 0 saturated carbocycles. The number of halogens is 2. The summed E-state index contributed by atoms with van der Waals surface area (Å²) in [5.41, 5.74) is -0.784. The molecule has 2 aromatic rings. The van der Waals surface area contributed by atoms with E-state index >= 15 is 0 Å². The van der Waals surface area contributed by atoms with E-state index in [9.17, 15) is 13.6 Å². The number of hydrogen-bond donors (Lipinski definition) is 2. The van der Waals surface area contributed by atoms with Crippen molar-refractivity contribution in [1.82, 2.24) is 9.97 Å². The summed E-state index contributed by atoms with van der Waals surface area (Å²) in [6.45, 7) is 5.74. The van der Waals surface area contributed by atoms with E-state index in [-0.39, 0.29) is 17.2 Å². The van der Waals surface area contributed by atoms with Crippen LogP contribution in [-0.4, -0.2) is 21.4 Å². The molecule has 1 heterocycles. The molecule has 0 aliphatic carbocycles. The Bertz CT molecular complexity index is 678. The van der Waals surface area contributed by atoms with Crippen molar-refractivity contribution < 1.29 is 13.6 Å². The van der Waals surface area contributed by atoms with Crippen LogP contribution in [0.25, 0.3) is 0 Å². The molecule has 0 unspecified atom stereocenters. The zero-order chi connectivity index (χ0) is 16.3. The van der Waals surface area contributed by atoms with Gasteiger partial charge in [-0.1, -0.05) is 6.07 Å². The van der Waals surface area contributed by atoms with Gasteiger partial charge in [0.05, 0.1) is 0 Å². The van der Waals surface area contributed by atoms with Crippen molar-refractivity contribution in [2.24, 2.45) is 0 Å². The van der Waals surface area contributed by atoms with Crippen LogP contribution in [-0.2, 0) is 0 Å². The molecule has 116 valence electrons. The van der Waals surface area contributed by atoms with Gasteiger partial charge in [-0.2, -0.15) is 0 Å². The van der Waals surface area contributed by atoms with E-state index in [4.69, 9.17) is 0 Å². The SMILES string of the molecule is CC(C)(C)Nc1nccc(C(=O)Nc2c(F)cccc2F)n1. The van der Waals surface area contributed by atoms with Gasteiger partial charge in [0, 0.05) is 11.7 Å². The van der Waals surface area contributed by atoms with Crippen molar-refractivity contribution >= 4 is 17.5 Å². The van der Waals surface area contributed by atoms with E-state index in [1.807, 2.05) is 20.8 Å². The number of carbonyl (C=O) groups excluding carboxylic acids is 1. The molecule has 1 aromatic carbocycles. The molecule has 22 heavy (non-hydrogen) atoms. The highest BCUT2D eigenvalue weighted by atomic mass is 19.1. The highest BCUT2D eigenvalue weighted by Gasteiger charge is 2.16. The normalized spacial score (nSPS) is 11.1. The van der Waals surface area contributed by atoms with Gasteiger partial charge in [-0.05, 0) is 39.0 Å². The summed E-state index contributed by atoms with van der Waals surface area (Å²) in [6.07, 6.45) is 1.40. The van der Waals surface area contributed by atoms with E-state index in [0.717, 1.165) is 12.1 Å². The smallest absolute Gasteiger partial charge is 0.274 e. The van der Waals surface area contributed by atoms with Crippen LogP contribution in [0.15, 0.2) is 30.5 Å². The van der Waals surface area contributed by atoms with Gasteiger partial charge in [-0.3, -0.25) is 4.79 Å². The highest BCUT2D eigenvalue weighted by molar-refractivity contribution is 6.03.